The van der Waals surface area contributed by atoms with Crippen molar-refractivity contribution in [2.75, 3.05) is 39.5 Å². The number of unbranched alkanes of at least 4 members (excludes halogenated alkanes) is 3. The van der Waals surface area contributed by atoms with Gasteiger partial charge in [0.25, 0.3) is 0 Å². The van der Waals surface area contributed by atoms with Gasteiger partial charge < -0.3 is 14.2 Å². The minimum Gasteiger partial charge on any atom is -0.493 e. The van der Waals surface area contributed by atoms with Crippen LogP contribution in [0.4, 0.5) is 0 Å². The molecule has 2 aromatic carbocycles. The Balaban J connectivity index is 1.29. The molecule has 4 heteroatoms. The van der Waals surface area contributed by atoms with Gasteiger partial charge in [-0.15, -0.1) is 0 Å². The van der Waals surface area contributed by atoms with Gasteiger partial charge in [-0.25, -0.2) is 0 Å². The molecule has 3 rings (SSSR count). The van der Waals surface area contributed by atoms with Crippen molar-refractivity contribution in [3.8, 4) is 17.2 Å². The molecule has 1 heterocycles. The van der Waals surface area contributed by atoms with Gasteiger partial charge in [-0.3, -0.25) is 4.90 Å². The number of morpholine rings is 1. The van der Waals surface area contributed by atoms with Gasteiger partial charge in [-0.05, 0) is 43.7 Å². The Morgan fingerprint density at radius 1 is 0.769 bits per heavy atom. The Kier molecular flexibility index (Phi) is 7.81. The molecule has 0 radical (unpaired) electrons. The Morgan fingerprint density at radius 2 is 1.50 bits per heavy atom. The summed E-state index contributed by atoms with van der Waals surface area (Å²) in [6.07, 6.45) is 4.83. The van der Waals surface area contributed by atoms with Gasteiger partial charge in [0.2, 0.25) is 0 Å². The highest BCUT2D eigenvalue weighted by Crippen LogP contribution is 2.25. The summed E-state index contributed by atoms with van der Waals surface area (Å²) in [6.45, 7) is 5.91. The summed E-state index contributed by atoms with van der Waals surface area (Å²) in [4.78, 5) is 2.50. The zero-order valence-corrected chi connectivity index (χ0v) is 15.4. The fraction of sp³-hybridized carbons (Fsp3) is 0.455. The predicted molar refractivity (Wildman–Crippen MR) is 104 cm³/mol. The summed E-state index contributed by atoms with van der Waals surface area (Å²) < 4.78 is 17.1. The number of rotatable bonds is 10. The van der Waals surface area contributed by atoms with E-state index in [1.165, 1.54) is 25.8 Å². The molecule has 0 bridgehead atoms. The van der Waals surface area contributed by atoms with Crippen LogP contribution in [0.25, 0.3) is 0 Å². The van der Waals surface area contributed by atoms with Crippen molar-refractivity contribution in [3.63, 3.8) is 0 Å². The van der Waals surface area contributed by atoms with Crippen LogP contribution < -0.4 is 9.47 Å². The van der Waals surface area contributed by atoms with Crippen LogP contribution in [0.5, 0.6) is 17.2 Å². The summed E-state index contributed by atoms with van der Waals surface area (Å²) in [7, 11) is 0. The minimum absolute atomic E-state index is 0.756. The molecule has 1 saturated heterocycles. The summed E-state index contributed by atoms with van der Waals surface area (Å²) in [5, 5.41) is 0. The van der Waals surface area contributed by atoms with E-state index in [4.69, 9.17) is 14.2 Å². The van der Waals surface area contributed by atoms with Gasteiger partial charge >= 0.3 is 0 Å². The van der Waals surface area contributed by atoms with Crippen LogP contribution >= 0.6 is 0 Å². The predicted octanol–water partition coefficient (Wildman–Crippen LogP) is 4.75. The van der Waals surface area contributed by atoms with E-state index in [1.54, 1.807) is 0 Å². The zero-order chi connectivity index (χ0) is 17.9. The highest BCUT2D eigenvalue weighted by Gasteiger charge is 2.08. The van der Waals surface area contributed by atoms with E-state index >= 15 is 0 Å². The molecule has 0 aliphatic carbocycles. The van der Waals surface area contributed by atoms with E-state index in [0.29, 0.717) is 0 Å². The molecule has 0 saturated carbocycles. The normalized spacial score (nSPS) is 14.9. The van der Waals surface area contributed by atoms with Crippen LogP contribution in [0.2, 0.25) is 0 Å². The third-order valence-corrected chi connectivity index (χ3v) is 4.53. The molecule has 2 aromatic rings. The average Bonchev–Trinajstić information content (AvgIpc) is 2.69. The highest BCUT2D eigenvalue weighted by molar-refractivity contribution is 5.36. The highest BCUT2D eigenvalue weighted by atomic mass is 16.5. The molecular formula is C22H29NO3. The first-order chi connectivity index (χ1) is 12.9. The van der Waals surface area contributed by atoms with Crippen molar-refractivity contribution in [1.82, 2.24) is 4.90 Å². The monoisotopic (exact) mass is 355 g/mol. The van der Waals surface area contributed by atoms with Gasteiger partial charge in [0.05, 0.1) is 19.8 Å². The van der Waals surface area contributed by atoms with Crippen molar-refractivity contribution >= 4 is 0 Å². The summed E-state index contributed by atoms with van der Waals surface area (Å²) >= 11 is 0. The maximum Gasteiger partial charge on any atom is 0.131 e. The smallest absolute Gasteiger partial charge is 0.131 e. The van der Waals surface area contributed by atoms with Crippen LogP contribution in [0.1, 0.15) is 25.7 Å². The lowest BCUT2D eigenvalue weighted by atomic mass is 10.2. The maximum atomic E-state index is 5.87. The molecule has 4 nitrogen and oxygen atoms in total. The Hall–Kier alpha value is -2.04. The van der Waals surface area contributed by atoms with Gasteiger partial charge in [0, 0.05) is 19.2 Å². The second-order valence-corrected chi connectivity index (χ2v) is 6.61. The molecule has 1 aliphatic heterocycles. The van der Waals surface area contributed by atoms with Crippen molar-refractivity contribution in [1.29, 1.82) is 0 Å². The van der Waals surface area contributed by atoms with Crippen LogP contribution in [0.15, 0.2) is 54.6 Å². The van der Waals surface area contributed by atoms with Crippen LogP contribution in [0.3, 0.4) is 0 Å². The second-order valence-electron chi connectivity index (χ2n) is 6.61. The number of hydrogen-bond acceptors (Lipinski definition) is 4. The number of nitrogens with zero attached hydrogens (tertiary/aromatic N) is 1. The molecule has 140 valence electrons. The molecule has 0 atom stereocenters. The summed E-state index contributed by atoms with van der Waals surface area (Å²) in [6, 6.07) is 17.7. The first-order valence-corrected chi connectivity index (χ1v) is 9.66. The second kappa shape index (κ2) is 10.8. The SMILES string of the molecule is c1ccc(Oc2cccc(OCCCCCCN3CCOCC3)c2)cc1. The molecule has 1 aliphatic rings. The fourth-order valence-corrected chi connectivity index (χ4v) is 3.06. The maximum absolute atomic E-state index is 5.87. The van der Waals surface area contributed by atoms with Crippen molar-refractivity contribution in [2.45, 2.75) is 25.7 Å². The Bertz CT molecular complexity index is 626. The van der Waals surface area contributed by atoms with Crippen LogP contribution in [0, 0.1) is 0 Å². The minimum atomic E-state index is 0.756. The van der Waals surface area contributed by atoms with E-state index in [2.05, 4.69) is 4.90 Å². The number of ether oxygens (including phenoxy) is 3. The lowest BCUT2D eigenvalue weighted by molar-refractivity contribution is 0.0371. The van der Waals surface area contributed by atoms with E-state index in [9.17, 15) is 0 Å². The number of para-hydroxylation sites is 1. The number of benzene rings is 2. The molecule has 1 fully saturated rings. The first kappa shape index (κ1) is 18.7. The third kappa shape index (κ3) is 6.70. The summed E-state index contributed by atoms with van der Waals surface area (Å²) in [5.41, 5.74) is 0. The molecule has 0 N–H and O–H groups in total. The van der Waals surface area contributed by atoms with E-state index in [0.717, 1.165) is 56.6 Å². The van der Waals surface area contributed by atoms with Gasteiger partial charge in [0.15, 0.2) is 0 Å². The van der Waals surface area contributed by atoms with E-state index in [1.807, 2.05) is 54.6 Å². The number of hydrogen-bond donors (Lipinski definition) is 0. The Labute approximate surface area is 156 Å². The topological polar surface area (TPSA) is 30.9 Å². The molecule has 0 aromatic heterocycles. The fourth-order valence-electron chi connectivity index (χ4n) is 3.06. The summed E-state index contributed by atoms with van der Waals surface area (Å²) in [5.74, 6) is 2.51. The Morgan fingerprint density at radius 3 is 2.35 bits per heavy atom. The van der Waals surface area contributed by atoms with E-state index < -0.39 is 0 Å². The van der Waals surface area contributed by atoms with Gasteiger partial charge in [0.1, 0.15) is 17.2 Å². The van der Waals surface area contributed by atoms with Crippen LogP contribution in [-0.2, 0) is 4.74 Å². The molecule has 26 heavy (non-hydrogen) atoms. The molecular weight excluding hydrogens is 326 g/mol. The van der Waals surface area contributed by atoms with Crippen LogP contribution in [-0.4, -0.2) is 44.4 Å². The first-order valence-electron chi connectivity index (χ1n) is 9.66. The quantitative estimate of drug-likeness (QED) is 0.576. The van der Waals surface area contributed by atoms with Crippen molar-refractivity contribution in [2.24, 2.45) is 0 Å². The molecule has 0 spiro atoms. The largest absolute Gasteiger partial charge is 0.493 e. The lowest BCUT2D eigenvalue weighted by Gasteiger charge is -2.26. The molecule has 0 amide bonds. The average molecular weight is 355 g/mol. The van der Waals surface area contributed by atoms with Crippen molar-refractivity contribution in [3.05, 3.63) is 54.6 Å². The standard InChI is InChI=1S/C22H29NO3/c1(6-13-23-14-17-24-18-15-23)2-7-16-25-21-11-8-12-22(19-21)26-20-9-4-3-5-10-20/h3-5,8-12,19H,1-2,6-7,13-18H2. The molecule has 0 unspecified atom stereocenters. The van der Waals surface area contributed by atoms with Crippen molar-refractivity contribution < 1.29 is 14.2 Å². The third-order valence-electron chi connectivity index (χ3n) is 4.53. The van der Waals surface area contributed by atoms with Gasteiger partial charge in [-0.2, -0.15) is 0 Å². The zero-order valence-electron chi connectivity index (χ0n) is 15.4. The van der Waals surface area contributed by atoms with E-state index in [-0.39, 0.29) is 0 Å². The lowest BCUT2D eigenvalue weighted by Crippen LogP contribution is -2.36. The van der Waals surface area contributed by atoms with Gasteiger partial charge in [-0.1, -0.05) is 37.1 Å².